The lowest BCUT2D eigenvalue weighted by molar-refractivity contribution is -0.136. The van der Waals surface area contributed by atoms with E-state index in [1.165, 1.54) is 5.56 Å². The second-order valence-electron chi connectivity index (χ2n) is 6.91. The van der Waals surface area contributed by atoms with E-state index < -0.39 is 6.04 Å². The van der Waals surface area contributed by atoms with E-state index in [4.69, 9.17) is 5.73 Å². The number of carbonyl (C=O) groups excluding carboxylic acids is 2. The number of nitrogens with zero attached hydrogens (tertiary/aromatic N) is 1. The normalized spacial score (nSPS) is 18.4. The Morgan fingerprint density at radius 3 is 2.56 bits per heavy atom. The molecule has 1 aromatic carbocycles. The molecule has 1 aliphatic rings. The van der Waals surface area contributed by atoms with Gasteiger partial charge in [-0.05, 0) is 37.2 Å². The number of likely N-dealkylation sites (tertiary alicyclic amines) is 1. The van der Waals surface area contributed by atoms with Crippen LogP contribution < -0.4 is 11.1 Å². The Morgan fingerprint density at radius 1 is 1.24 bits per heavy atom. The molecule has 3 N–H and O–H groups in total. The first kappa shape index (κ1) is 21.5. The van der Waals surface area contributed by atoms with Gasteiger partial charge in [0, 0.05) is 12.6 Å². The maximum atomic E-state index is 12.6. The molecule has 6 heteroatoms. The first-order chi connectivity index (χ1) is 11.5. The number of piperidine rings is 1. The summed E-state index contributed by atoms with van der Waals surface area (Å²) in [4.78, 5) is 26.4. The van der Waals surface area contributed by atoms with Gasteiger partial charge in [0.2, 0.25) is 11.8 Å². The third-order valence-electron chi connectivity index (χ3n) is 4.70. The van der Waals surface area contributed by atoms with Crippen LogP contribution in [0.2, 0.25) is 0 Å². The third kappa shape index (κ3) is 6.33. The number of hydrogen-bond donors (Lipinski definition) is 2. The highest BCUT2D eigenvalue weighted by molar-refractivity contribution is 5.87. The molecule has 140 valence electrons. The molecule has 1 fully saturated rings. The maximum absolute atomic E-state index is 12.6. The molecule has 1 saturated heterocycles. The van der Waals surface area contributed by atoms with Crippen LogP contribution in [0.1, 0.15) is 38.7 Å². The molecule has 0 radical (unpaired) electrons. The minimum absolute atomic E-state index is 0. The summed E-state index contributed by atoms with van der Waals surface area (Å²) in [6, 6.07) is 9.89. The number of nitrogens with two attached hydrogens (primary N) is 1. The van der Waals surface area contributed by atoms with Gasteiger partial charge >= 0.3 is 0 Å². The molecule has 25 heavy (non-hydrogen) atoms. The van der Waals surface area contributed by atoms with E-state index >= 15 is 0 Å². The van der Waals surface area contributed by atoms with Crippen LogP contribution >= 0.6 is 12.4 Å². The molecule has 1 heterocycles. The zero-order valence-electron chi connectivity index (χ0n) is 15.1. The fourth-order valence-corrected chi connectivity index (χ4v) is 3.11. The molecule has 5 nitrogen and oxygen atoms in total. The molecular formula is C19H30ClN3O2. The topological polar surface area (TPSA) is 75.4 Å². The number of rotatable bonds is 6. The van der Waals surface area contributed by atoms with Crippen molar-refractivity contribution in [2.45, 2.75) is 51.6 Å². The van der Waals surface area contributed by atoms with Gasteiger partial charge in [-0.2, -0.15) is 0 Å². The minimum Gasteiger partial charge on any atom is -0.346 e. The zero-order chi connectivity index (χ0) is 17.5. The highest BCUT2D eigenvalue weighted by Gasteiger charge is 2.27. The quantitative estimate of drug-likeness (QED) is 0.808. The lowest BCUT2D eigenvalue weighted by atomic mass is 9.95. The van der Waals surface area contributed by atoms with Crippen LogP contribution in [-0.4, -0.2) is 41.9 Å². The standard InChI is InChI=1S/C19H29N3O2.ClH/c1-14(2)18(20)19(24)21-13-17(23)22-11-7-6-10-16(22)12-15-8-4-3-5-9-15;/h3-5,8-9,14,16,18H,6-7,10-13,20H2,1-2H3,(H,21,24);1H/t16?,18-;/m0./s1. The number of benzene rings is 1. The Labute approximate surface area is 156 Å². The van der Waals surface area contributed by atoms with E-state index in [2.05, 4.69) is 17.4 Å². The number of nitrogens with one attached hydrogen (secondary N) is 1. The molecule has 0 aromatic heterocycles. The molecule has 0 bridgehead atoms. The van der Waals surface area contributed by atoms with E-state index in [0.717, 1.165) is 32.2 Å². The van der Waals surface area contributed by atoms with Crippen molar-refractivity contribution in [3.8, 4) is 0 Å². The number of halogens is 1. The Balaban J connectivity index is 0.00000312. The fraction of sp³-hybridized carbons (Fsp3) is 0.579. The van der Waals surface area contributed by atoms with Crippen molar-refractivity contribution in [2.75, 3.05) is 13.1 Å². The monoisotopic (exact) mass is 367 g/mol. The summed E-state index contributed by atoms with van der Waals surface area (Å²) in [7, 11) is 0. The van der Waals surface area contributed by atoms with Gasteiger partial charge in [-0.25, -0.2) is 0 Å². The highest BCUT2D eigenvalue weighted by Crippen LogP contribution is 2.20. The average Bonchev–Trinajstić information content (AvgIpc) is 2.60. The van der Waals surface area contributed by atoms with Crippen molar-refractivity contribution >= 4 is 24.2 Å². The molecule has 0 aliphatic carbocycles. The summed E-state index contributed by atoms with van der Waals surface area (Å²) in [5.41, 5.74) is 7.06. The van der Waals surface area contributed by atoms with Gasteiger partial charge in [0.25, 0.3) is 0 Å². The summed E-state index contributed by atoms with van der Waals surface area (Å²) in [6.45, 7) is 4.59. The molecule has 1 aromatic rings. The molecule has 0 saturated carbocycles. The van der Waals surface area contributed by atoms with Crippen LogP contribution in [0.15, 0.2) is 30.3 Å². The Morgan fingerprint density at radius 2 is 1.92 bits per heavy atom. The Bertz CT molecular complexity index is 551. The summed E-state index contributed by atoms with van der Waals surface area (Å²) in [5, 5.41) is 2.69. The Hall–Kier alpha value is -1.59. The van der Waals surface area contributed by atoms with Crippen molar-refractivity contribution in [3.63, 3.8) is 0 Å². The average molecular weight is 368 g/mol. The van der Waals surface area contributed by atoms with Crippen LogP contribution in [-0.2, 0) is 16.0 Å². The number of hydrogen-bond acceptors (Lipinski definition) is 3. The SMILES string of the molecule is CC(C)[C@H](N)C(=O)NCC(=O)N1CCCCC1Cc1ccccc1.Cl. The predicted molar refractivity (Wildman–Crippen MR) is 103 cm³/mol. The van der Waals surface area contributed by atoms with E-state index in [1.807, 2.05) is 36.9 Å². The fourth-order valence-electron chi connectivity index (χ4n) is 3.11. The van der Waals surface area contributed by atoms with Gasteiger partial charge in [0.1, 0.15) is 0 Å². The van der Waals surface area contributed by atoms with E-state index in [0.29, 0.717) is 0 Å². The van der Waals surface area contributed by atoms with Gasteiger partial charge in [-0.1, -0.05) is 44.2 Å². The molecule has 2 atom stereocenters. The third-order valence-corrected chi connectivity index (χ3v) is 4.70. The lowest BCUT2D eigenvalue weighted by Crippen LogP contribution is -2.51. The van der Waals surface area contributed by atoms with Gasteiger partial charge in [-0.3, -0.25) is 9.59 Å². The van der Waals surface area contributed by atoms with E-state index in [1.54, 1.807) is 0 Å². The first-order valence-electron chi connectivity index (χ1n) is 8.85. The summed E-state index contributed by atoms with van der Waals surface area (Å²) < 4.78 is 0. The molecule has 1 unspecified atom stereocenters. The van der Waals surface area contributed by atoms with Gasteiger partial charge in [-0.15, -0.1) is 12.4 Å². The van der Waals surface area contributed by atoms with Gasteiger partial charge < -0.3 is 16.0 Å². The van der Waals surface area contributed by atoms with E-state index in [-0.39, 0.29) is 42.7 Å². The minimum atomic E-state index is -0.570. The zero-order valence-corrected chi connectivity index (χ0v) is 15.9. The Kier molecular flexibility index (Phi) is 8.93. The van der Waals surface area contributed by atoms with Crippen LogP contribution in [0.4, 0.5) is 0 Å². The van der Waals surface area contributed by atoms with Crippen molar-refractivity contribution < 1.29 is 9.59 Å². The lowest BCUT2D eigenvalue weighted by Gasteiger charge is -2.36. The van der Waals surface area contributed by atoms with Gasteiger partial charge in [0.15, 0.2) is 0 Å². The second-order valence-corrected chi connectivity index (χ2v) is 6.91. The van der Waals surface area contributed by atoms with E-state index in [9.17, 15) is 9.59 Å². The first-order valence-corrected chi connectivity index (χ1v) is 8.85. The second kappa shape index (κ2) is 10.4. The van der Waals surface area contributed by atoms with Crippen molar-refractivity contribution in [3.05, 3.63) is 35.9 Å². The van der Waals surface area contributed by atoms with Crippen LogP contribution in [0.25, 0.3) is 0 Å². The van der Waals surface area contributed by atoms with Crippen molar-refractivity contribution in [2.24, 2.45) is 11.7 Å². The molecule has 0 spiro atoms. The van der Waals surface area contributed by atoms with Crippen LogP contribution in [0.5, 0.6) is 0 Å². The number of carbonyl (C=O) groups is 2. The van der Waals surface area contributed by atoms with Crippen LogP contribution in [0, 0.1) is 5.92 Å². The van der Waals surface area contributed by atoms with Crippen LogP contribution in [0.3, 0.4) is 0 Å². The summed E-state index contributed by atoms with van der Waals surface area (Å²) in [6.07, 6.45) is 4.05. The summed E-state index contributed by atoms with van der Waals surface area (Å²) >= 11 is 0. The van der Waals surface area contributed by atoms with Crippen molar-refractivity contribution in [1.29, 1.82) is 0 Å². The predicted octanol–water partition coefficient (Wildman–Crippen LogP) is 2.13. The maximum Gasteiger partial charge on any atom is 0.242 e. The van der Waals surface area contributed by atoms with Crippen molar-refractivity contribution in [1.82, 2.24) is 10.2 Å². The molecular weight excluding hydrogens is 338 g/mol. The summed E-state index contributed by atoms with van der Waals surface area (Å²) in [5.74, 6) is -0.212. The molecule has 2 amide bonds. The molecule has 1 aliphatic heterocycles. The molecule has 2 rings (SSSR count). The highest BCUT2D eigenvalue weighted by atomic mass is 35.5. The smallest absolute Gasteiger partial charge is 0.242 e. The largest absolute Gasteiger partial charge is 0.346 e. The number of amides is 2. The van der Waals surface area contributed by atoms with Gasteiger partial charge in [0.05, 0.1) is 12.6 Å².